The molecule has 4 rings (SSSR count). The Labute approximate surface area is 175 Å². The summed E-state index contributed by atoms with van der Waals surface area (Å²) in [6.45, 7) is 2.87. The van der Waals surface area contributed by atoms with Crippen molar-refractivity contribution in [3.8, 4) is 5.75 Å². The summed E-state index contributed by atoms with van der Waals surface area (Å²) in [5.41, 5.74) is 18.6. The van der Waals surface area contributed by atoms with Gasteiger partial charge in [-0.25, -0.2) is 0 Å². The Morgan fingerprint density at radius 2 is 2.07 bits per heavy atom. The van der Waals surface area contributed by atoms with Crippen LogP contribution in [0.2, 0.25) is 5.02 Å². The molecule has 0 bridgehead atoms. The van der Waals surface area contributed by atoms with Gasteiger partial charge in [-0.2, -0.15) is 0 Å². The highest BCUT2D eigenvalue weighted by molar-refractivity contribution is 6.30. The second kappa shape index (κ2) is 8.19. The zero-order valence-electron chi connectivity index (χ0n) is 16.4. The fourth-order valence-electron chi connectivity index (χ4n) is 3.76. The lowest BCUT2D eigenvalue weighted by Gasteiger charge is -2.21. The number of ether oxygens (including phenoxy) is 1. The Bertz CT molecular complexity index is 997. The van der Waals surface area contributed by atoms with E-state index in [9.17, 15) is 0 Å². The fraction of sp³-hybridized carbons (Fsp3) is 0.227. The molecule has 2 aliphatic rings. The molecule has 0 saturated heterocycles. The van der Waals surface area contributed by atoms with Crippen LogP contribution in [0.1, 0.15) is 36.1 Å². The second-order valence-corrected chi connectivity index (χ2v) is 7.46. The van der Waals surface area contributed by atoms with Gasteiger partial charge in [0.25, 0.3) is 0 Å². The maximum Gasteiger partial charge on any atom is 0.126 e. The molecule has 0 aliphatic carbocycles. The van der Waals surface area contributed by atoms with Gasteiger partial charge in [-0.15, -0.1) is 5.53 Å². The molecule has 0 aromatic heterocycles. The van der Waals surface area contributed by atoms with Gasteiger partial charge in [0.2, 0.25) is 0 Å². The van der Waals surface area contributed by atoms with E-state index in [4.69, 9.17) is 22.1 Å². The molecule has 2 aromatic carbocycles. The first-order chi connectivity index (χ1) is 14.1. The van der Waals surface area contributed by atoms with Crippen molar-refractivity contribution in [2.75, 3.05) is 13.6 Å². The van der Waals surface area contributed by atoms with E-state index in [2.05, 4.69) is 46.1 Å². The zero-order chi connectivity index (χ0) is 20.4. The molecule has 0 fully saturated rings. The zero-order valence-corrected chi connectivity index (χ0v) is 17.2. The standard InChI is InChI=1S/C22H24ClN5O/c1-14-22-19-8-3-15(16(12-24)13-25-2)11-20(19)21(9-10-28(22)27-26-14)29-18-6-4-17(23)5-7-18/h3-8,11-13,21,26-27H,9-10,24H2,1-2H3. The average Bonchev–Trinajstić information content (AvgIpc) is 3.02. The van der Waals surface area contributed by atoms with E-state index >= 15 is 0 Å². The van der Waals surface area contributed by atoms with Gasteiger partial charge in [-0.1, -0.05) is 23.7 Å². The van der Waals surface area contributed by atoms with Crippen molar-refractivity contribution < 1.29 is 4.74 Å². The van der Waals surface area contributed by atoms with Gasteiger partial charge in [0.05, 0.1) is 11.4 Å². The molecule has 0 saturated carbocycles. The lowest BCUT2D eigenvalue weighted by Crippen LogP contribution is -2.37. The van der Waals surface area contributed by atoms with Gasteiger partial charge in [-0.05, 0) is 42.8 Å². The van der Waals surface area contributed by atoms with Crippen LogP contribution in [-0.2, 0) is 0 Å². The molecule has 4 N–H and O–H groups in total. The van der Waals surface area contributed by atoms with Gasteiger partial charge >= 0.3 is 0 Å². The van der Waals surface area contributed by atoms with Crippen LogP contribution in [0, 0.1) is 0 Å². The largest absolute Gasteiger partial charge is 0.486 e. The number of fused-ring (bicyclic) bond motifs is 3. The Kier molecular flexibility index (Phi) is 5.47. The number of aliphatic imine (C=N–C) groups is 1. The number of nitrogens with zero attached hydrogens (tertiary/aromatic N) is 2. The number of allylic oxidation sites excluding steroid dienone is 2. The van der Waals surface area contributed by atoms with E-state index in [0.717, 1.165) is 52.4 Å². The predicted molar refractivity (Wildman–Crippen MR) is 118 cm³/mol. The summed E-state index contributed by atoms with van der Waals surface area (Å²) in [7, 11) is 1.74. The molecule has 2 heterocycles. The molecule has 0 radical (unpaired) electrons. The Morgan fingerprint density at radius 1 is 1.28 bits per heavy atom. The van der Waals surface area contributed by atoms with Gasteiger partial charge in [0, 0.05) is 54.2 Å². The number of rotatable bonds is 4. The van der Waals surface area contributed by atoms with Gasteiger partial charge in [-0.3, -0.25) is 10.0 Å². The minimum atomic E-state index is -0.114. The monoisotopic (exact) mass is 409 g/mol. The van der Waals surface area contributed by atoms with Crippen LogP contribution >= 0.6 is 11.6 Å². The average molecular weight is 410 g/mol. The minimum Gasteiger partial charge on any atom is -0.486 e. The first kappa shape index (κ1) is 19.4. The summed E-state index contributed by atoms with van der Waals surface area (Å²) in [4.78, 5) is 4.12. The van der Waals surface area contributed by atoms with E-state index < -0.39 is 0 Å². The van der Waals surface area contributed by atoms with Crippen molar-refractivity contribution in [2.45, 2.75) is 19.4 Å². The van der Waals surface area contributed by atoms with Crippen molar-refractivity contribution >= 4 is 29.1 Å². The van der Waals surface area contributed by atoms with Crippen LogP contribution in [0.5, 0.6) is 5.75 Å². The highest BCUT2D eigenvalue weighted by Gasteiger charge is 2.31. The summed E-state index contributed by atoms with van der Waals surface area (Å²) in [5.74, 6) is 0.791. The molecule has 0 spiro atoms. The van der Waals surface area contributed by atoms with Gasteiger partial charge in [0.15, 0.2) is 0 Å². The summed E-state index contributed by atoms with van der Waals surface area (Å²) in [5, 5.41) is 2.82. The molecule has 1 unspecified atom stereocenters. The molecule has 7 heteroatoms. The summed E-state index contributed by atoms with van der Waals surface area (Å²) >= 11 is 6.03. The van der Waals surface area contributed by atoms with E-state index in [1.54, 1.807) is 19.5 Å². The molecule has 150 valence electrons. The lowest BCUT2D eigenvalue weighted by atomic mass is 9.94. The van der Waals surface area contributed by atoms with E-state index in [1.165, 1.54) is 0 Å². The summed E-state index contributed by atoms with van der Waals surface area (Å²) in [6.07, 6.45) is 4.05. The number of hydrogen-bond donors (Lipinski definition) is 3. The summed E-state index contributed by atoms with van der Waals surface area (Å²) < 4.78 is 6.41. The van der Waals surface area contributed by atoms with Crippen molar-refractivity contribution in [1.29, 1.82) is 0 Å². The molecular weight excluding hydrogens is 386 g/mol. The Balaban J connectivity index is 1.80. The van der Waals surface area contributed by atoms with Crippen LogP contribution in [0.25, 0.3) is 11.3 Å². The number of halogens is 1. The second-order valence-electron chi connectivity index (χ2n) is 7.02. The highest BCUT2D eigenvalue weighted by atomic mass is 35.5. The fourth-order valence-corrected chi connectivity index (χ4v) is 3.89. The molecule has 2 aliphatic heterocycles. The minimum absolute atomic E-state index is 0.114. The topological polar surface area (TPSA) is 74.9 Å². The third-order valence-corrected chi connectivity index (χ3v) is 5.40. The molecule has 2 aromatic rings. The normalized spacial score (nSPS) is 19.1. The maximum atomic E-state index is 6.41. The van der Waals surface area contributed by atoms with Gasteiger partial charge in [0.1, 0.15) is 11.9 Å². The first-order valence-corrected chi connectivity index (χ1v) is 9.89. The highest BCUT2D eigenvalue weighted by Crippen LogP contribution is 2.38. The molecule has 29 heavy (non-hydrogen) atoms. The quantitative estimate of drug-likeness (QED) is 0.668. The SMILES string of the molecule is CN=CC(=CN)c1ccc2c(c1)C(Oc1ccc(Cl)cc1)CCN1NNC(C)=C21. The molecule has 0 amide bonds. The molecule has 1 atom stereocenters. The van der Waals surface area contributed by atoms with Gasteiger partial charge < -0.3 is 15.9 Å². The third kappa shape index (κ3) is 3.81. The maximum absolute atomic E-state index is 6.41. The smallest absolute Gasteiger partial charge is 0.126 e. The van der Waals surface area contributed by atoms with E-state index in [-0.39, 0.29) is 6.10 Å². The Morgan fingerprint density at radius 3 is 2.79 bits per heavy atom. The van der Waals surface area contributed by atoms with Crippen LogP contribution < -0.4 is 21.4 Å². The van der Waals surface area contributed by atoms with E-state index in [1.807, 2.05) is 24.3 Å². The van der Waals surface area contributed by atoms with Crippen LogP contribution in [-0.4, -0.2) is 24.8 Å². The van der Waals surface area contributed by atoms with Crippen LogP contribution in [0.4, 0.5) is 0 Å². The Hall–Kier alpha value is -2.96. The van der Waals surface area contributed by atoms with Crippen molar-refractivity contribution in [1.82, 2.24) is 16.0 Å². The number of benzene rings is 2. The number of nitrogens with two attached hydrogens (primary N) is 1. The predicted octanol–water partition coefficient (Wildman–Crippen LogP) is 3.88. The van der Waals surface area contributed by atoms with Crippen molar-refractivity contribution in [3.63, 3.8) is 0 Å². The number of hydrazine groups is 2. The third-order valence-electron chi connectivity index (χ3n) is 5.15. The number of nitrogens with one attached hydrogen (secondary N) is 2. The number of hydrogen-bond acceptors (Lipinski definition) is 6. The summed E-state index contributed by atoms with van der Waals surface area (Å²) in [6, 6.07) is 13.8. The molecular formula is C22H24ClN5O. The van der Waals surface area contributed by atoms with Crippen LogP contribution in [0.3, 0.4) is 0 Å². The first-order valence-electron chi connectivity index (χ1n) is 9.51. The molecule has 6 nitrogen and oxygen atoms in total. The van der Waals surface area contributed by atoms with Crippen LogP contribution in [0.15, 0.2) is 59.4 Å². The lowest BCUT2D eigenvalue weighted by molar-refractivity contribution is 0.173. The van der Waals surface area contributed by atoms with Crippen molar-refractivity contribution in [3.05, 3.63) is 76.1 Å². The van der Waals surface area contributed by atoms with Crippen molar-refractivity contribution in [2.24, 2.45) is 10.7 Å². The van der Waals surface area contributed by atoms with E-state index in [0.29, 0.717) is 5.02 Å².